The molecule has 0 saturated carbocycles. The third kappa shape index (κ3) is 6.64. The molecule has 2 aliphatic heterocycles. The van der Waals surface area contributed by atoms with Crippen molar-refractivity contribution in [1.29, 1.82) is 0 Å². The monoisotopic (exact) mass is 603 g/mol. The zero-order valence-electron chi connectivity index (χ0n) is 21.9. The van der Waals surface area contributed by atoms with Gasteiger partial charge in [-0.15, -0.1) is 0 Å². The lowest BCUT2D eigenvalue weighted by atomic mass is 10.1. The van der Waals surface area contributed by atoms with Crippen molar-refractivity contribution in [2.75, 3.05) is 37.8 Å². The van der Waals surface area contributed by atoms with E-state index in [4.69, 9.17) is 0 Å². The number of aromatic nitrogens is 4. The van der Waals surface area contributed by atoms with Gasteiger partial charge in [0.25, 0.3) is 0 Å². The van der Waals surface area contributed by atoms with Gasteiger partial charge in [0, 0.05) is 38.1 Å². The lowest BCUT2D eigenvalue weighted by Crippen LogP contribution is -2.42. The molecule has 222 valence electrons. The molecular formula is C25H27F6N7O2S. The van der Waals surface area contributed by atoms with Crippen LogP contribution in [0.5, 0.6) is 0 Å². The Morgan fingerprint density at radius 3 is 2.24 bits per heavy atom. The molecule has 0 amide bonds. The Balaban J connectivity index is 1.44. The maximum Gasteiger partial charge on any atom is 0.420 e. The number of hydrogen-bond acceptors (Lipinski definition) is 7. The molecule has 0 spiro atoms. The van der Waals surface area contributed by atoms with Crippen LogP contribution in [-0.2, 0) is 28.9 Å². The van der Waals surface area contributed by atoms with Crippen LogP contribution in [-0.4, -0.2) is 75.6 Å². The molecule has 5 rings (SSSR count). The molecule has 0 atom stereocenters. The second-order valence-electron chi connectivity index (χ2n) is 10.2. The lowest BCUT2D eigenvalue weighted by Gasteiger charge is -2.31. The summed E-state index contributed by atoms with van der Waals surface area (Å²) in [6, 6.07) is 3.60. The topological polar surface area (TPSA) is 96.2 Å². The Morgan fingerprint density at radius 2 is 1.66 bits per heavy atom. The van der Waals surface area contributed by atoms with Crippen LogP contribution in [0.3, 0.4) is 0 Å². The highest BCUT2D eigenvalue weighted by Gasteiger charge is 2.37. The number of nitrogens with zero attached hydrogens (tertiary/aromatic N) is 6. The minimum absolute atomic E-state index is 0.133. The standard InChI is InChI=1S/C25H27F6N7O2S/c1-41(39,40)38-9-5-17(6-10-38)34-23-32-12-19(25(29,30)31)22(35-23)20-14-37(15-33-20)21-4-3-16(13-36-7-2-8-36)11-18(21)24(26,27)28/h3-4,11-12,14-15,17H,2,5-10,13H2,1H3,(H,32,34,35). The van der Waals surface area contributed by atoms with Gasteiger partial charge in [0.05, 0.1) is 23.8 Å². The Morgan fingerprint density at radius 1 is 0.976 bits per heavy atom. The smallest absolute Gasteiger partial charge is 0.351 e. The number of anilines is 1. The summed E-state index contributed by atoms with van der Waals surface area (Å²) >= 11 is 0. The Kier molecular flexibility index (Phi) is 7.76. The average Bonchev–Trinajstić information content (AvgIpc) is 3.35. The van der Waals surface area contributed by atoms with Crippen molar-refractivity contribution in [3.63, 3.8) is 0 Å². The van der Waals surface area contributed by atoms with Crippen LogP contribution in [0.1, 0.15) is 36.0 Å². The first-order valence-electron chi connectivity index (χ1n) is 12.8. The largest absolute Gasteiger partial charge is 0.420 e. The van der Waals surface area contributed by atoms with Crippen molar-refractivity contribution < 1.29 is 34.8 Å². The molecule has 0 radical (unpaired) electrons. The third-order valence-electron chi connectivity index (χ3n) is 7.17. The van der Waals surface area contributed by atoms with E-state index in [0.717, 1.165) is 48.9 Å². The molecule has 3 aromatic rings. The van der Waals surface area contributed by atoms with Gasteiger partial charge in [0.15, 0.2) is 0 Å². The minimum atomic E-state index is -4.85. The number of halogens is 6. The van der Waals surface area contributed by atoms with Gasteiger partial charge in [-0.3, -0.25) is 4.90 Å². The number of imidazole rings is 1. The first kappa shape index (κ1) is 29.3. The number of nitrogens with one attached hydrogen (secondary N) is 1. The molecular weight excluding hydrogens is 576 g/mol. The zero-order valence-corrected chi connectivity index (χ0v) is 22.7. The molecule has 9 nitrogen and oxygen atoms in total. The number of likely N-dealkylation sites (tertiary alicyclic amines) is 1. The Labute approximate surface area is 232 Å². The molecule has 41 heavy (non-hydrogen) atoms. The van der Waals surface area contributed by atoms with Gasteiger partial charge in [0.1, 0.15) is 17.0 Å². The van der Waals surface area contributed by atoms with Crippen LogP contribution in [0.25, 0.3) is 17.1 Å². The zero-order chi connectivity index (χ0) is 29.6. The molecule has 2 fully saturated rings. The summed E-state index contributed by atoms with van der Waals surface area (Å²) in [4.78, 5) is 13.8. The summed E-state index contributed by atoms with van der Waals surface area (Å²) < 4.78 is 109. The van der Waals surface area contributed by atoms with Crippen molar-refractivity contribution in [1.82, 2.24) is 28.7 Å². The number of rotatable bonds is 7. The predicted octanol–water partition coefficient (Wildman–Crippen LogP) is 4.41. The van der Waals surface area contributed by atoms with Crippen LogP contribution < -0.4 is 5.32 Å². The summed E-state index contributed by atoms with van der Waals surface area (Å²) in [5, 5.41) is 2.94. The predicted molar refractivity (Wildman–Crippen MR) is 138 cm³/mol. The van der Waals surface area contributed by atoms with Crippen LogP contribution in [0.2, 0.25) is 0 Å². The lowest BCUT2D eigenvalue weighted by molar-refractivity contribution is -0.138. The number of sulfonamides is 1. The second kappa shape index (κ2) is 10.9. The molecule has 1 N–H and O–H groups in total. The van der Waals surface area contributed by atoms with E-state index in [2.05, 4.69) is 20.3 Å². The quantitative estimate of drug-likeness (QED) is 0.400. The average molecular weight is 604 g/mol. The van der Waals surface area contributed by atoms with E-state index in [1.165, 1.54) is 10.4 Å². The second-order valence-corrected chi connectivity index (χ2v) is 12.2. The third-order valence-corrected chi connectivity index (χ3v) is 8.48. The minimum Gasteiger partial charge on any atom is -0.351 e. The van der Waals surface area contributed by atoms with Crippen LogP contribution >= 0.6 is 0 Å². The number of hydrogen-bond donors (Lipinski definition) is 1. The van der Waals surface area contributed by atoms with Crippen molar-refractivity contribution in [3.8, 4) is 17.1 Å². The van der Waals surface area contributed by atoms with Gasteiger partial charge in [-0.1, -0.05) is 6.07 Å². The molecule has 0 bridgehead atoms. The van der Waals surface area contributed by atoms with Gasteiger partial charge in [-0.05, 0) is 50.0 Å². The van der Waals surface area contributed by atoms with Crippen molar-refractivity contribution in [3.05, 3.63) is 53.6 Å². The summed E-state index contributed by atoms with van der Waals surface area (Å²) in [7, 11) is -3.36. The fourth-order valence-electron chi connectivity index (χ4n) is 4.88. The van der Waals surface area contributed by atoms with Gasteiger partial charge in [-0.25, -0.2) is 27.7 Å². The first-order chi connectivity index (χ1) is 19.2. The maximum absolute atomic E-state index is 14.0. The van der Waals surface area contributed by atoms with Crippen LogP contribution in [0, 0.1) is 0 Å². The van der Waals surface area contributed by atoms with Crippen molar-refractivity contribution in [2.24, 2.45) is 0 Å². The van der Waals surface area contributed by atoms with Crippen LogP contribution in [0.15, 0.2) is 36.9 Å². The highest BCUT2D eigenvalue weighted by molar-refractivity contribution is 7.88. The molecule has 2 saturated heterocycles. The van der Waals surface area contributed by atoms with Gasteiger partial charge in [0.2, 0.25) is 16.0 Å². The highest BCUT2D eigenvalue weighted by Crippen LogP contribution is 2.38. The maximum atomic E-state index is 14.0. The molecule has 1 aromatic carbocycles. The van der Waals surface area contributed by atoms with Gasteiger partial charge in [-0.2, -0.15) is 26.3 Å². The Hall–Kier alpha value is -3.24. The molecule has 2 aromatic heterocycles. The van der Waals surface area contributed by atoms with E-state index in [9.17, 15) is 34.8 Å². The van der Waals surface area contributed by atoms with Gasteiger partial charge < -0.3 is 9.88 Å². The van der Waals surface area contributed by atoms with E-state index in [1.54, 1.807) is 6.07 Å². The number of benzene rings is 1. The fourth-order valence-corrected chi connectivity index (χ4v) is 5.75. The fraction of sp³-hybridized carbons (Fsp3) is 0.480. The van der Waals surface area contributed by atoms with E-state index >= 15 is 0 Å². The van der Waals surface area contributed by atoms with E-state index < -0.39 is 39.2 Å². The van der Waals surface area contributed by atoms with Gasteiger partial charge >= 0.3 is 12.4 Å². The SMILES string of the molecule is CS(=O)(=O)N1CCC(Nc2ncc(C(F)(F)F)c(-c3cn(-c4ccc(CN5CCC5)cc4C(F)(F)F)cn3)n2)CC1. The number of piperidine rings is 1. The van der Waals surface area contributed by atoms with E-state index in [1.807, 2.05) is 4.90 Å². The summed E-state index contributed by atoms with van der Waals surface area (Å²) in [5.74, 6) is -0.133. The van der Waals surface area contributed by atoms with E-state index in [0.29, 0.717) is 31.1 Å². The molecule has 0 aliphatic carbocycles. The molecule has 0 unspecified atom stereocenters. The summed E-state index contributed by atoms with van der Waals surface area (Å²) in [5.41, 5.74) is -2.79. The Bertz CT molecular complexity index is 1510. The molecule has 16 heteroatoms. The normalized spacial score (nSPS) is 17.9. The van der Waals surface area contributed by atoms with Crippen molar-refractivity contribution in [2.45, 2.75) is 44.2 Å². The first-order valence-corrected chi connectivity index (χ1v) is 14.7. The van der Waals surface area contributed by atoms with E-state index in [-0.39, 0.29) is 36.5 Å². The molecule has 4 heterocycles. The number of alkyl halides is 6. The highest BCUT2D eigenvalue weighted by atomic mass is 32.2. The van der Waals surface area contributed by atoms with Crippen molar-refractivity contribution >= 4 is 16.0 Å². The van der Waals surface area contributed by atoms with Crippen LogP contribution in [0.4, 0.5) is 32.3 Å². The summed E-state index contributed by atoms with van der Waals surface area (Å²) in [6.07, 6.45) is -4.01. The molecule has 2 aliphatic rings. The summed E-state index contributed by atoms with van der Waals surface area (Å²) in [6.45, 7) is 2.45.